The molecule has 3 heterocycles. The summed E-state index contributed by atoms with van der Waals surface area (Å²) in [6.45, 7) is 11.2. The second-order valence-electron chi connectivity index (χ2n) is 8.00. The number of hydrogen-bond acceptors (Lipinski definition) is 5. The number of aromatic nitrogens is 1. The lowest BCUT2D eigenvalue weighted by atomic mass is 10.2. The lowest BCUT2D eigenvalue weighted by Crippen LogP contribution is -2.45. The average molecular weight is 533 g/mol. The van der Waals surface area contributed by atoms with E-state index in [1.54, 1.807) is 12.3 Å². The van der Waals surface area contributed by atoms with Crippen LogP contribution in [-0.2, 0) is 0 Å². The second kappa shape index (κ2) is 13.3. The number of unbranched alkanes of at least 4 members (excludes halogenated alkanes) is 1. The molecule has 170 valence electrons. The van der Waals surface area contributed by atoms with Crippen LogP contribution in [0.3, 0.4) is 0 Å². The molecule has 7 nitrogen and oxygen atoms in total. The van der Waals surface area contributed by atoms with Gasteiger partial charge in [-0.25, -0.2) is 9.37 Å². The highest BCUT2D eigenvalue weighted by Gasteiger charge is 2.25. The first-order valence-corrected chi connectivity index (χ1v) is 11.0. The van der Waals surface area contributed by atoms with Crippen molar-refractivity contribution in [1.82, 2.24) is 25.4 Å². The van der Waals surface area contributed by atoms with Gasteiger partial charge in [0.2, 0.25) is 0 Å². The number of hydrogen-bond donors (Lipinski definition) is 2. The topological polar surface area (TPSA) is 59.0 Å². The van der Waals surface area contributed by atoms with E-state index in [1.807, 2.05) is 4.90 Å². The number of nitrogens with one attached hydrogen (secondary N) is 2. The number of pyridine rings is 1. The molecule has 9 heteroatoms. The van der Waals surface area contributed by atoms with Crippen molar-refractivity contribution >= 4 is 35.8 Å². The Morgan fingerprint density at radius 1 is 1.23 bits per heavy atom. The van der Waals surface area contributed by atoms with Gasteiger partial charge in [0.25, 0.3) is 0 Å². The van der Waals surface area contributed by atoms with Gasteiger partial charge in [0.1, 0.15) is 0 Å². The van der Waals surface area contributed by atoms with Gasteiger partial charge in [-0.15, -0.1) is 24.0 Å². The van der Waals surface area contributed by atoms with Gasteiger partial charge in [0.15, 0.2) is 17.6 Å². The molecule has 0 amide bonds. The zero-order chi connectivity index (χ0) is 20.5. The van der Waals surface area contributed by atoms with Crippen LogP contribution < -0.4 is 15.5 Å². The summed E-state index contributed by atoms with van der Waals surface area (Å²) in [7, 11) is 2.19. The molecule has 0 aromatic carbocycles. The molecule has 1 aromatic rings. The highest BCUT2D eigenvalue weighted by molar-refractivity contribution is 14.0. The second-order valence-corrected chi connectivity index (χ2v) is 8.00. The summed E-state index contributed by atoms with van der Waals surface area (Å²) < 4.78 is 14.0. The summed E-state index contributed by atoms with van der Waals surface area (Å²) in [5.74, 6) is 1.05. The maximum absolute atomic E-state index is 14.0. The van der Waals surface area contributed by atoms with Crippen LogP contribution in [0.25, 0.3) is 0 Å². The number of nitrogens with zero attached hydrogens (tertiary/aromatic N) is 5. The van der Waals surface area contributed by atoms with Gasteiger partial charge in [-0.3, -0.25) is 4.99 Å². The van der Waals surface area contributed by atoms with E-state index in [0.29, 0.717) is 5.82 Å². The van der Waals surface area contributed by atoms with E-state index < -0.39 is 0 Å². The summed E-state index contributed by atoms with van der Waals surface area (Å²) in [4.78, 5) is 15.9. The predicted molar refractivity (Wildman–Crippen MR) is 133 cm³/mol. The zero-order valence-corrected chi connectivity index (χ0v) is 20.6. The van der Waals surface area contributed by atoms with Crippen LogP contribution in [0.2, 0.25) is 0 Å². The van der Waals surface area contributed by atoms with E-state index in [-0.39, 0.29) is 35.8 Å². The molecule has 1 aromatic heterocycles. The minimum Gasteiger partial charge on any atom is -0.357 e. The Balaban J connectivity index is 0.00000320. The molecule has 0 saturated carbocycles. The van der Waals surface area contributed by atoms with E-state index in [4.69, 9.17) is 4.99 Å². The third-order valence-corrected chi connectivity index (χ3v) is 5.66. The van der Waals surface area contributed by atoms with Crippen molar-refractivity contribution in [3.05, 3.63) is 24.1 Å². The van der Waals surface area contributed by atoms with E-state index >= 15 is 0 Å². The molecule has 2 fully saturated rings. The SMILES string of the molecule is CCNC(=NCCCCN1CCN(C)CC1)NC1CCN(c2ncccc2F)C1.I. The highest BCUT2D eigenvalue weighted by atomic mass is 127. The van der Waals surface area contributed by atoms with Gasteiger partial charge in [0.05, 0.1) is 0 Å². The van der Waals surface area contributed by atoms with Crippen LogP contribution in [0, 0.1) is 5.82 Å². The van der Waals surface area contributed by atoms with Crippen LogP contribution in [0.1, 0.15) is 26.2 Å². The third kappa shape index (κ3) is 7.81. The van der Waals surface area contributed by atoms with E-state index in [0.717, 1.165) is 45.0 Å². The Morgan fingerprint density at radius 3 is 2.77 bits per heavy atom. The quantitative estimate of drug-likeness (QED) is 0.231. The molecule has 3 rings (SSSR count). The molecule has 2 aliphatic rings. The normalized spacial score (nSPS) is 20.8. The molecular weight excluding hydrogens is 496 g/mol. The van der Waals surface area contributed by atoms with Gasteiger partial charge in [0, 0.05) is 64.6 Å². The first-order chi connectivity index (χ1) is 14.2. The Kier molecular flexibility index (Phi) is 11.1. The Hall–Kier alpha value is -1.20. The van der Waals surface area contributed by atoms with Crippen molar-refractivity contribution in [2.75, 3.05) is 70.9 Å². The Labute approximate surface area is 197 Å². The van der Waals surface area contributed by atoms with Gasteiger partial charge in [-0.05, 0) is 51.9 Å². The summed E-state index contributed by atoms with van der Waals surface area (Å²) in [6, 6.07) is 3.35. The van der Waals surface area contributed by atoms with Crippen LogP contribution >= 0.6 is 24.0 Å². The standard InChI is InChI=1S/C21H36FN7.HI/c1-3-23-21(25-9-4-5-11-28-15-13-27(2)14-16-28)26-18-8-12-29(17-18)20-19(22)7-6-10-24-20;/h6-7,10,18H,3-5,8-9,11-17H2,1-2H3,(H2,23,25,26);1H. The van der Waals surface area contributed by atoms with E-state index in [9.17, 15) is 4.39 Å². The van der Waals surface area contributed by atoms with Gasteiger partial charge < -0.3 is 25.3 Å². The molecular formula is C21H37FIN7. The molecule has 0 aliphatic carbocycles. The maximum Gasteiger partial charge on any atom is 0.191 e. The number of rotatable bonds is 8. The lowest BCUT2D eigenvalue weighted by Gasteiger charge is -2.32. The number of likely N-dealkylation sites (N-methyl/N-ethyl adjacent to an activating group) is 1. The summed E-state index contributed by atoms with van der Waals surface area (Å²) in [6.07, 6.45) is 4.87. The molecule has 1 unspecified atom stereocenters. The van der Waals surface area contributed by atoms with Crippen molar-refractivity contribution in [1.29, 1.82) is 0 Å². The van der Waals surface area contributed by atoms with Crippen LogP contribution in [0.5, 0.6) is 0 Å². The molecule has 1 atom stereocenters. The zero-order valence-electron chi connectivity index (χ0n) is 18.3. The van der Waals surface area contributed by atoms with Crippen molar-refractivity contribution in [3.63, 3.8) is 0 Å². The number of piperazine rings is 1. The van der Waals surface area contributed by atoms with Gasteiger partial charge in [-0.2, -0.15) is 0 Å². The fraction of sp³-hybridized carbons (Fsp3) is 0.714. The van der Waals surface area contributed by atoms with Crippen LogP contribution in [0.15, 0.2) is 23.3 Å². The fourth-order valence-corrected chi connectivity index (χ4v) is 3.90. The molecule has 30 heavy (non-hydrogen) atoms. The fourth-order valence-electron chi connectivity index (χ4n) is 3.90. The third-order valence-electron chi connectivity index (χ3n) is 5.66. The van der Waals surface area contributed by atoms with Crippen molar-refractivity contribution in [3.8, 4) is 0 Å². The monoisotopic (exact) mass is 533 g/mol. The smallest absolute Gasteiger partial charge is 0.191 e. The number of guanidine groups is 1. The summed E-state index contributed by atoms with van der Waals surface area (Å²) in [5, 5.41) is 6.85. The molecule has 2 N–H and O–H groups in total. The predicted octanol–water partition coefficient (Wildman–Crippen LogP) is 2.00. The Bertz CT molecular complexity index is 652. The van der Waals surface area contributed by atoms with E-state index in [2.05, 4.69) is 39.4 Å². The molecule has 0 spiro atoms. The minimum absolute atomic E-state index is 0. The van der Waals surface area contributed by atoms with Crippen LogP contribution in [0.4, 0.5) is 10.2 Å². The summed E-state index contributed by atoms with van der Waals surface area (Å²) in [5.41, 5.74) is 0. The highest BCUT2D eigenvalue weighted by Crippen LogP contribution is 2.20. The maximum atomic E-state index is 14.0. The van der Waals surface area contributed by atoms with Crippen LogP contribution in [-0.4, -0.2) is 92.7 Å². The lowest BCUT2D eigenvalue weighted by molar-refractivity contribution is 0.152. The van der Waals surface area contributed by atoms with Crippen molar-refractivity contribution in [2.45, 2.75) is 32.2 Å². The van der Waals surface area contributed by atoms with E-state index in [1.165, 1.54) is 45.2 Å². The minimum atomic E-state index is -0.255. The number of halogens is 2. The average Bonchev–Trinajstić information content (AvgIpc) is 3.18. The van der Waals surface area contributed by atoms with Gasteiger partial charge in [-0.1, -0.05) is 0 Å². The van der Waals surface area contributed by atoms with Crippen molar-refractivity contribution in [2.24, 2.45) is 4.99 Å². The van der Waals surface area contributed by atoms with Crippen molar-refractivity contribution < 1.29 is 4.39 Å². The molecule has 0 bridgehead atoms. The number of anilines is 1. The number of aliphatic imine (C=N–C) groups is 1. The largest absolute Gasteiger partial charge is 0.357 e. The first-order valence-electron chi connectivity index (χ1n) is 11.0. The molecule has 2 aliphatic heterocycles. The molecule has 2 saturated heterocycles. The van der Waals surface area contributed by atoms with Gasteiger partial charge >= 0.3 is 0 Å². The molecule has 0 radical (unpaired) electrons. The first kappa shape index (κ1) is 25.1. The summed E-state index contributed by atoms with van der Waals surface area (Å²) >= 11 is 0. The Morgan fingerprint density at radius 2 is 2.03 bits per heavy atom.